The maximum atomic E-state index is 13.5. The fraction of sp³-hybridized carbons (Fsp3) is 0.474. The zero-order valence-electron chi connectivity index (χ0n) is 16.3. The molecule has 1 aromatic heterocycles. The van der Waals surface area contributed by atoms with E-state index in [2.05, 4.69) is 9.71 Å². The molecule has 1 aromatic carbocycles. The lowest BCUT2D eigenvalue weighted by molar-refractivity contribution is 0.120. The van der Waals surface area contributed by atoms with Crippen LogP contribution in [0.3, 0.4) is 0 Å². The monoisotopic (exact) mass is 456 g/mol. The lowest BCUT2D eigenvalue weighted by atomic mass is 10.1. The SMILES string of the molecule is CS(=O)(=O)N[C@H]1CCN(C(=O)N2CCC2)[C@H]1Cc1csc(-c2cc(F)cc(F)c2)n1. The number of thiazole rings is 1. The molecule has 11 heteroatoms. The van der Waals surface area contributed by atoms with E-state index in [-0.39, 0.29) is 12.1 Å². The molecule has 0 spiro atoms. The predicted octanol–water partition coefficient (Wildman–Crippen LogP) is 2.45. The van der Waals surface area contributed by atoms with E-state index in [0.717, 1.165) is 18.7 Å². The zero-order valence-corrected chi connectivity index (χ0v) is 18.0. The number of likely N-dealkylation sites (tertiary alicyclic amines) is 2. The molecule has 2 fully saturated rings. The van der Waals surface area contributed by atoms with Gasteiger partial charge >= 0.3 is 6.03 Å². The topological polar surface area (TPSA) is 82.6 Å². The number of hydrogen-bond acceptors (Lipinski definition) is 5. The van der Waals surface area contributed by atoms with E-state index in [0.29, 0.717) is 48.7 Å². The number of benzene rings is 1. The molecule has 0 saturated carbocycles. The Morgan fingerprint density at radius 2 is 1.93 bits per heavy atom. The molecule has 2 aliphatic heterocycles. The van der Waals surface area contributed by atoms with Crippen molar-refractivity contribution in [3.05, 3.63) is 40.9 Å². The molecule has 2 aliphatic rings. The van der Waals surface area contributed by atoms with E-state index in [1.165, 1.54) is 23.5 Å². The summed E-state index contributed by atoms with van der Waals surface area (Å²) in [6.45, 7) is 1.87. The number of halogens is 2. The van der Waals surface area contributed by atoms with Gasteiger partial charge in [-0.2, -0.15) is 0 Å². The predicted molar refractivity (Wildman–Crippen MR) is 110 cm³/mol. The Bertz CT molecular complexity index is 1040. The normalized spacial score (nSPS) is 21.7. The summed E-state index contributed by atoms with van der Waals surface area (Å²) in [4.78, 5) is 20.8. The minimum absolute atomic E-state index is 0.0910. The molecular formula is C19H22F2N4O3S2. The number of urea groups is 1. The van der Waals surface area contributed by atoms with Crippen LogP contribution in [0.25, 0.3) is 10.6 Å². The van der Waals surface area contributed by atoms with Crippen molar-refractivity contribution in [2.75, 3.05) is 25.9 Å². The molecule has 2 saturated heterocycles. The van der Waals surface area contributed by atoms with Crippen LogP contribution in [-0.2, 0) is 16.4 Å². The highest BCUT2D eigenvalue weighted by atomic mass is 32.2. The van der Waals surface area contributed by atoms with Crippen LogP contribution in [0, 0.1) is 11.6 Å². The second kappa shape index (κ2) is 8.20. The van der Waals surface area contributed by atoms with Gasteiger partial charge in [0.2, 0.25) is 10.0 Å². The number of rotatable bonds is 5. The van der Waals surface area contributed by atoms with E-state index < -0.39 is 27.7 Å². The first kappa shape index (κ1) is 21.1. The van der Waals surface area contributed by atoms with E-state index in [4.69, 9.17) is 0 Å². The van der Waals surface area contributed by atoms with Crippen molar-refractivity contribution in [2.45, 2.75) is 31.3 Å². The molecule has 2 amide bonds. The Balaban J connectivity index is 1.57. The van der Waals surface area contributed by atoms with Crippen molar-refractivity contribution in [3.8, 4) is 10.6 Å². The largest absolute Gasteiger partial charge is 0.325 e. The summed E-state index contributed by atoms with van der Waals surface area (Å²) in [5, 5.41) is 2.25. The number of hydrogen-bond donors (Lipinski definition) is 1. The molecule has 162 valence electrons. The Morgan fingerprint density at radius 1 is 1.23 bits per heavy atom. The molecule has 7 nitrogen and oxygen atoms in total. The van der Waals surface area contributed by atoms with Gasteiger partial charge in [0.1, 0.15) is 16.6 Å². The van der Waals surface area contributed by atoms with Crippen molar-refractivity contribution in [3.63, 3.8) is 0 Å². The number of sulfonamides is 1. The van der Waals surface area contributed by atoms with Crippen LogP contribution in [0.1, 0.15) is 18.5 Å². The van der Waals surface area contributed by atoms with E-state index in [1.807, 2.05) is 0 Å². The first-order valence-electron chi connectivity index (χ1n) is 9.63. The Kier molecular flexibility index (Phi) is 5.78. The Morgan fingerprint density at radius 3 is 2.53 bits per heavy atom. The summed E-state index contributed by atoms with van der Waals surface area (Å²) in [6, 6.07) is 2.35. The molecule has 2 aromatic rings. The molecule has 2 atom stereocenters. The second-order valence-corrected chi connectivity index (χ2v) is 10.3. The molecule has 0 aliphatic carbocycles. The Labute approximate surface area is 177 Å². The number of carbonyl (C=O) groups is 1. The van der Waals surface area contributed by atoms with Gasteiger partial charge in [0.15, 0.2) is 0 Å². The van der Waals surface area contributed by atoms with Crippen LogP contribution < -0.4 is 4.72 Å². The summed E-state index contributed by atoms with van der Waals surface area (Å²) >= 11 is 1.25. The molecule has 0 unspecified atom stereocenters. The summed E-state index contributed by atoms with van der Waals surface area (Å²) in [7, 11) is -3.44. The summed E-state index contributed by atoms with van der Waals surface area (Å²) in [5.74, 6) is -1.36. The van der Waals surface area contributed by atoms with Crippen LogP contribution in [0.4, 0.5) is 13.6 Å². The van der Waals surface area contributed by atoms with Crippen molar-refractivity contribution in [1.29, 1.82) is 0 Å². The summed E-state index contributed by atoms with van der Waals surface area (Å²) in [6.07, 6.45) is 2.93. The maximum absolute atomic E-state index is 13.5. The van der Waals surface area contributed by atoms with Gasteiger partial charge in [-0.15, -0.1) is 11.3 Å². The average molecular weight is 457 g/mol. The van der Waals surface area contributed by atoms with Gasteiger partial charge in [-0.1, -0.05) is 0 Å². The van der Waals surface area contributed by atoms with Crippen LogP contribution in [-0.4, -0.2) is 67.2 Å². The number of aromatic nitrogens is 1. The van der Waals surface area contributed by atoms with Crippen molar-refractivity contribution < 1.29 is 22.0 Å². The van der Waals surface area contributed by atoms with Gasteiger partial charge in [-0.05, 0) is 25.0 Å². The van der Waals surface area contributed by atoms with Crippen LogP contribution in [0.5, 0.6) is 0 Å². The molecule has 0 radical (unpaired) electrons. The average Bonchev–Trinajstić information content (AvgIpc) is 3.19. The minimum atomic E-state index is -3.44. The fourth-order valence-corrected chi connectivity index (χ4v) is 5.52. The molecular weight excluding hydrogens is 434 g/mol. The number of nitrogens with zero attached hydrogens (tertiary/aromatic N) is 3. The second-order valence-electron chi connectivity index (χ2n) is 7.68. The van der Waals surface area contributed by atoms with Gasteiger partial charge in [-0.25, -0.2) is 31.7 Å². The molecule has 3 heterocycles. The van der Waals surface area contributed by atoms with Crippen LogP contribution in [0.2, 0.25) is 0 Å². The summed E-state index contributed by atoms with van der Waals surface area (Å²) < 4.78 is 53.3. The van der Waals surface area contributed by atoms with Gasteiger partial charge in [-0.3, -0.25) is 0 Å². The first-order chi connectivity index (χ1) is 14.2. The standard InChI is InChI=1S/C19H22F2N4O3S2/c1-30(27,28)23-16-3-6-25(19(26)24-4-2-5-24)17(16)10-15-11-29-18(22-15)12-7-13(20)9-14(21)8-12/h7-9,11,16-17,23H,2-6,10H2,1H3/t16-,17-/m0/s1. The minimum Gasteiger partial charge on any atom is -0.325 e. The zero-order chi connectivity index (χ0) is 21.5. The maximum Gasteiger partial charge on any atom is 0.320 e. The summed E-state index contributed by atoms with van der Waals surface area (Å²) in [5.41, 5.74) is 0.989. The molecule has 30 heavy (non-hydrogen) atoms. The van der Waals surface area contributed by atoms with E-state index in [1.54, 1.807) is 15.2 Å². The molecule has 4 rings (SSSR count). The van der Waals surface area contributed by atoms with E-state index >= 15 is 0 Å². The van der Waals surface area contributed by atoms with Gasteiger partial charge < -0.3 is 9.80 Å². The highest BCUT2D eigenvalue weighted by Crippen LogP contribution is 2.29. The number of amides is 2. The third-order valence-electron chi connectivity index (χ3n) is 5.36. The first-order valence-corrected chi connectivity index (χ1v) is 12.4. The van der Waals surface area contributed by atoms with Crippen molar-refractivity contribution >= 4 is 27.4 Å². The van der Waals surface area contributed by atoms with Crippen LogP contribution in [0.15, 0.2) is 23.6 Å². The number of carbonyl (C=O) groups excluding carboxylic acids is 1. The molecule has 1 N–H and O–H groups in total. The molecule has 0 bridgehead atoms. The quantitative estimate of drug-likeness (QED) is 0.749. The lowest BCUT2D eigenvalue weighted by Crippen LogP contribution is -2.54. The van der Waals surface area contributed by atoms with Crippen molar-refractivity contribution in [2.24, 2.45) is 0 Å². The highest BCUT2D eigenvalue weighted by molar-refractivity contribution is 7.88. The third-order valence-corrected chi connectivity index (χ3v) is 7.03. The van der Waals surface area contributed by atoms with E-state index in [9.17, 15) is 22.0 Å². The number of nitrogens with one attached hydrogen (secondary N) is 1. The van der Waals surface area contributed by atoms with Crippen LogP contribution >= 0.6 is 11.3 Å². The van der Waals surface area contributed by atoms with Gasteiger partial charge in [0, 0.05) is 49.1 Å². The lowest BCUT2D eigenvalue weighted by Gasteiger charge is -2.37. The third kappa shape index (κ3) is 4.62. The Hall–Kier alpha value is -2.11. The fourth-order valence-electron chi connectivity index (χ4n) is 3.87. The smallest absolute Gasteiger partial charge is 0.320 e. The van der Waals surface area contributed by atoms with Crippen molar-refractivity contribution in [1.82, 2.24) is 19.5 Å². The van der Waals surface area contributed by atoms with Gasteiger partial charge in [0.05, 0.1) is 18.0 Å². The van der Waals surface area contributed by atoms with Gasteiger partial charge in [0.25, 0.3) is 0 Å². The highest BCUT2D eigenvalue weighted by Gasteiger charge is 2.41.